The highest BCUT2D eigenvalue weighted by Crippen LogP contribution is 2.34. The molecule has 0 aliphatic heterocycles. The Labute approximate surface area is 134 Å². The third kappa shape index (κ3) is 3.77. The second-order valence-electron chi connectivity index (χ2n) is 4.44. The normalized spacial score (nSPS) is 11.1. The summed E-state index contributed by atoms with van der Waals surface area (Å²) in [6.45, 7) is 1.64. The quantitative estimate of drug-likeness (QED) is 0.382. The van der Waals surface area contributed by atoms with Gasteiger partial charge in [0.2, 0.25) is 0 Å². The van der Waals surface area contributed by atoms with Crippen LogP contribution in [0.5, 0.6) is 0 Å². The summed E-state index contributed by atoms with van der Waals surface area (Å²) in [5.41, 5.74) is 7.80. The summed E-state index contributed by atoms with van der Waals surface area (Å²) < 4.78 is 0. The smallest absolute Gasteiger partial charge is 0.329 e. The van der Waals surface area contributed by atoms with Gasteiger partial charge < -0.3 is 5.73 Å². The zero-order valence-corrected chi connectivity index (χ0v) is 12.8. The summed E-state index contributed by atoms with van der Waals surface area (Å²) in [6.07, 6.45) is 0. The van der Waals surface area contributed by atoms with Gasteiger partial charge in [0.15, 0.2) is 0 Å². The molecule has 0 aliphatic carbocycles. The Balaban J connectivity index is 2.28. The first-order valence-electron chi connectivity index (χ1n) is 6.38. The molecule has 2 rings (SSSR count). The number of carbonyl (C=O) groups excluding carboxylic acids is 2. The van der Waals surface area contributed by atoms with Gasteiger partial charge in [0.1, 0.15) is 0 Å². The van der Waals surface area contributed by atoms with Crippen LogP contribution in [0.3, 0.4) is 0 Å². The van der Waals surface area contributed by atoms with Crippen LogP contribution in [0.1, 0.15) is 11.8 Å². The van der Waals surface area contributed by atoms with Crippen LogP contribution < -0.4 is 11.2 Å². The van der Waals surface area contributed by atoms with E-state index in [0.29, 0.717) is 21.0 Å². The molecule has 0 spiro atoms. The highest BCUT2D eigenvalue weighted by molar-refractivity contribution is 7.17. The zero-order chi connectivity index (χ0) is 17.0. The molecule has 0 saturated heterocycles. The Morgan fingerprint density at radius 3 is 2.61 bits per heavy atom. The van der Waals surface area contributed by atoms with Gasteiger partial charge in [0.25, 0.3) is 5.69 Å². The topological polar surface area (TPSA) is 128 Å². The number of carbonyl (C=O) groups is 2. The van der Waals surface area contributed by atoms with Gasteiger partial charge >= 0.3 is 11.8 Å². The molecule has 3 N–H and O–H groups in total. The molecule has 1 aromatic carbocycles. The van der Waals surface area contributed by atoms with Crippen molar-refractivity contribution in [3.8, 4) is 10.4 Å². The van der Waals surface area contributed by atoms with Crippen molar-refractivity contribution in [2.24, 2.45) is 10.8 Å². The number of nitrogens with zero attached hydrogens (tertiary/aromatic N) is 2. The maximum absolute atomic E-state index is 11.1. The molecule has 0 aliphatic rings. The third-order valence-electron chi connectivity index (χ3n) is 2.88. The number of thiophene rings is 1. The van der Waals surface area contributed by atoms with Crippen molar-refractivity contribution in [1.82, 2.24) is 5.43 Å². The number of primary amides is 1. The lowest BCUT2D eigenvalue weighted by molar-refractivity contribution is -0.384. The SMILES string of the molecule is C/C(=N\NC(=O)C(N)=O)c1ccc(-c2ccccc2[N+](=O)[O-])s1. The molecular formula is C14H12N4O4S. The predicted molar refractivity (Wildman–Crippen MR) is 86.0 cm³/mol. The van der Waals surface area contributed by atoms with E-state index in [2.05, 4.69) is 5.10 Å². The molecule has 0 bridgehead atoms. The number of nitrogens with one attached hydrogen (secondary N) is 1. The van der Waals surface area contributed by atoms with Crippen LogP contribution in [0, 0.1) is 10.1 Å². The van der Waals surface area contributed by atoms with E-state index < -0.39 is 16.7 Å². The van der Waals surface area contributed by atoms with Gasteiger partial charge in [-0.05, 0) is 25.1 Å². The van der Waals surface area contributed by atoms with Crippen LogP contribution in [-0.4, -0.2) is 22.4 Å². The summed E-state index contributed by atoms with van der Waals surface area (Å²) in [4.78, 5) is 33.7. The molecule has 0 atom stereocenters. The molecule has 118 valence electrons. The fourth-order valence-corrected chi connectivity index (χ4v) is 2.75. The van der Waals surface area contributed by atoms with Crippen molar-refractivity contribution in [1.29, 1.82) is 0 Å². The fraction of sp³-hybridized carbons (Fsp3) is 0.0714. The van der Waals surface area contributed by atoms with Gasteiger partial charge in [-0.25, -0.2) is 5.43 Å². The molecule has 2 aromatic rings. The number of para-hydroxylation sites is 1. The molecule has 0 saturated carbocycles. The van der Waals surface area contributed by atoms with Crippen LogP contribution in [-0.2, 0) is 9.59 Å². The minimum atomic E-state index is -1.13. The van der Waals surface area contributed by atoms with Crippen molar-refractivity contribution >= 4 is 34.6 Å². The van der Waals surface area contributed by atoms with Crippen LogP contribution >= 0.6 is 11.3 Å². The third-order valence-corrected chi connectivity index (χ3v) is 4.11. The number of hydrogen-bond acceptors (Lipinski definition) is 6. The van der Waals surface area contributed by atoms with E-state index in [0.717, 1.165) is 0 Å². The number of hydrazone groups is 1. The Kier molecular flexibility index (Phi) is 4.82. The number of hydrogen-bond donors (Lipinski definition) is 2. The lowest BCUT2D eigenvalue weighted by atomic mass is 10.1. The summed E-state index contributed by atoms with van der Waals surface area (Å²) in [7, 11) is 0. The summed E-state index contributed by atoms with van der Waals surface area (Å²) in [6, 6.07) is 9.87. The Bertz CT molecular complexity index is 813. The number of nitro groups is 1. The average molecular weight is 332 g/mol. The predicted octanol–water partition coefficient (Wildman–Crippen LogP) is 1.65. The number of nitro benzene ring substituents is 1. The van der Waals surface area contributed by atoms with Crippen LogP contribution in [0.2, 0.25) is 0 Å². The number of rotatable bonds is 4. The molecular weight excluding hydrogens is 320 g/mol. The van der Waals surface area contributed by atoms with Crippen molar-refractivity contribution in [3.05, 3.63) is 51.4 Å². The van der Waals surface area contributed by atoms with Gasteiger partial charge in [0.05, 0.1) is 21.1 Å². The lowest BCUT2D eigenvalue weighted by Gasteiger charge is -2.00. The van der Waals surface area contributed by atoms with Crippen molar-refractivity contribution in [2.75, 3.05) is 0 Å². The molecule has 8 nitrogen and oxygen atoms in total. The summed E-state index contributed by atoms with van der Waals surface area (Å²) >= 11 is 1.28. The first-order valence-corrected chi connectivity index (χ1v) is 7.20. The zero-order valence-electron chi connectivity index (χ0n) is 12.0. The maximum Gasteiger partial charge on any atom is 0.329 e. The van der Waals surface area contributed by atoms with Gasteiger partial charge in [-0.15, -0.1) is 11.3 Å². The molecule has 2 amide bonds. The first-order chi connectivity index (χ1) is 10.9. The van der Waals surface area contributed by atoms with E-state index in [1.54, 1.807) is 37.3 Å². The second-order valence-corrected chi connectivity index (χ2v) is 5.52. The highest BCUT2D eigenvalue weighted by atomic mass is 32.1. The van der Waals surface area contributed by atoms with E-state index in [-0.39, 0.29) is 5.69 Å². The maximum atomic E-state index is 11.1. The fourth-order valence-electron chi connectivity index (χ4n) is 1.76. The molecule has 23 heavy (non-hydrogen) atoms. The van der Waals surface area contributed by atoms with E-state index in [4.69, 9.17) is 5.73 Å². The van der Waals surface area contributed by atoms with Gasteiger partial charge in [-0.1, -0.05) is 12.1 Å². The molecule has 9 heteroatoms. The molecule has 0 unspecified atom stereocenters. The van der Waals surface area contributed by atoms with Gasteiger partial charge in [0, 0.05) is 10.9 Å². The molecule has 0 fully saturated rings. The standard InChI is InChI=1S/C14H12N4O4S/c1-8(16-17-14(20)13(15)19)11-6-7-12(23-11)9-4-2-3-5-10(9)18(21)22/h2-7H,1H3,(H2,15,19)(H,17,20)/b16-8+. The number of nitrogens with two attached hydrogens (primary N) is 1. The molecule has 1 heterocycles. The van der Waals surface area contributed by atoms with E-state index in [1.165, 1.54) is 17.4 Å². The van der Waals surface area contributed by atoms with E-state index in [9.17, 15) is 19.7 Å². The highest BCUT2D eigenvalue weighted by Gasteiger charge is 2.16. The average Bonchev–Trinajstić information content (AvgIpc) is 3.01. The lowest BCUT2D eigenvalue weighted by Crippen LogP contribution is -2.33. The largest absolute Gasteiger partial charge is 0.361 e. The summed E-state index contributed by atoms with van der Waals surface area (Å²) in [5.74, 6) is -2.15. The minimum Gasteiger partial charge on any atom is -0.361 e. The van der Waals surface area contributed by atoms with E-state index >= 15 is 0 Å². The van der Waals surface area contributed by atoms with Crippen molar-refractivity contribution in [3.63, 3.8) is 0 Å². The molecule has 0 radical (unpaired) electrons. The van der Waals surface area contributed by atoms with E-state index in [1.807, 2.05) is 5.43 Å². The Morgan fingerprint density at radius 1 is 1.26 bits per heavy atom. The van der Waals surface area contributed by atoms with Crippen LogP contribution in [0.4, 0.5) is 5.69 Å². The van der Waals surface area contributed by atoms with Crippen LogP contribution in [0.15, 0.2) is 41.5 Å². The monoisotopic (exact) mass is 332 g/mol. The summed E-state index contributed by atoms with van der Waals surface area (Å²) in [5, 5.41) is 14.8. The number of benzene rings is 1. The van der Waals surface area contributed by atoms with Gasteiger partial charge in [-0.3, -0.25) is 19.7 Å². The van der Waals surface area contributed by atoms with Crippen molar-refractivity contribution < 1.29 is 14.5 Å². The Morgan fingerprint density at radius 2 is 1.96 bits per heavy atom. The second kappa shape index (κ2) is 6.79. The van der Waals surface area contributed by atoms with Crippen molar-refractivity contribution in [2.45, 2.75) is 6.92 Å². The Hall–Kier alpha value is -3.07. The minimum absolute atomic E-state index is 0.0116. The first kappa shape index (κ1) is 16.3. The van der Waals surface area contributed by atoms with Crippen LogP contribution in [0.25, 0.3) is 10.4 Å². The molecule has 1 aromatic heterocycles. The van der Waals surface area contributed by atoms with Gasteiger partial charge in [-0.2, -0.15) is 5.10 Å². The number of amides is 2.